The van der Waals surface area contributed by atoms with Crippen molar-refractivity contribution in [3.63, 3.8) is 0 Å². The molecule has 0 aliphatic carbocycles. The molecular formula is C7H17N2O6PS. The van der Waals surface area contributed by atoms with Gasteiger partial charge in [-0.2, -0.15) is 8.42 Å². The molecular weight excluding hydrogens is 271 g/mol. The van der Waals surface area contributed by atoms with Gasteiger partial charge < -0.3 is 15.1 Å². The highest BCUT2D eigenvalue weighted by Crippen LogP contribution is 2.43. The maximum absolute atomic E-state index is 10.9. The Morgan fingerprint density at radius 2 is 2.06 bits per heavy atom. The Bertz CT molecular complexity index is 387. The first kappa shape index (κ1) is 15.0. The van der Waals surface area contributed by atoms with Gasteiger partial charge in [-0.1, -0.05) is 0 Å². The molecule has 0 saturated carbocycles. The van der Waals surface area contributed by atoms with Gasteiger partial charge in [-0.25, -0.2) is 0 Å². The van der Waals surface area contributed by atoms with Crippen molar-refractivity contribution in [3.05, 3.63) is 0 Å². The molecule has 0 aromatic carbocycles. The summed E-state index contributed by atoms with van der Waals surface area (Å²) in [5.41, 5.74) is 0. The van der Waals surface area contributed by atoms with Crippen LogP contribution >= 0.6 is 7.60 Å². The van der Waals surface area contributed by atoms with E-state index in [0.29, 0.717) is 0 Å². The van der Waals surface area contributed by atoms with Gasteiger partial charge in [-0.15, -0.1) is 0 Å². The van der Waals surface area contributed by atoms with Gasteiger partial charge >= 0.3 is 7.60 Å². The third-order valence-corrected chi connectivity index (χ3v) is 5.98. The van der Waals surface area contributed by atoms with E-state index in [-0.39, 0.29) is 6.17 Å². The lowest BCUT2D eigenvalue weighted by atomic mass is 10.1. The molecule has 0 bridgehead atoms. The van der Waals surface area contributed by atoms with Crippen molar-refractivity contribution < 1.29 is 27.3 Å². The highest BCUT2D eigenvalue weighted by Gasteiger charge is 2.39. The second-order valence-electron chi connectivity index (χ2n) is 3.97. The maximum Gasteiger partial charge on any atom is 0.347 e. The third kappa shape index (κ3) is 5.01. The number of rotatable bonds is 5. The monoisotopic (exact) mass is 288 g/mol. The molecule has 0 aromatic rings. The predicted octanol–water partition coefficient (Wildman–Crippen LogP) is -0.933. The molecule has 0 spiro atoms. The van der Waals surface area contributed by atoms with Crippen LogP contribution in [0.2, 0.25) is 0 Å². The summed E-state index contributed by atoms with van der Waals surface area (Å²) in [4.78, 5) is 15.6. The van der Waals surface area contributed by atoms with Crippen LogP contribution in [0.5, 0.6) is 0 Å². The van der Waals surface area contributed by atoms with E-state index in [1.165, 1.54) is 0 Å². The molecule has 0 radical (unpaired) electrons. The lowest BCUT2D eigenvalue weighted by Crippen LogP contribution is -2.48. The van der Waals surface area contributed by atoms with E-state index in [9.17, 15) is 13.0 Å². The Labute approximate surface area is 99.7 Å². The van der Waals surface area contributed by atoms with Crippen molar-refractivity contribution in [1.82, 2.24) is 10.6 Å². The van der Waals surface area contributed by atoms with E-state index < -0.39 is 29.2 Å². The first-order valence-corrected chi connectivity index (χ1v) is 8.38. The minimum atomic E-state index is -4.89. The third-order valence-electron chi connectivity index (χ3n) is 2.57. The van der Waals surface area contributed by atoms with Crippen molar-refractivity contribution in [2.24, 2.45) is 0 Å². The van der Waals surface area contributed by atoms with E-state index in [4.69, 9.17) is 14.3 Å². The first-order valence-electron chi connectivity index (χ1n) is 5.19. The molecule has 0 amide bonds. The first-order chi connectivity index (χ1) is 7.71. The summed E-state index contributed by atoms with van der Waals surface area (Å²) in [6.45, 7) is 0.283. The van der Waals surface area contributed by atoms with Crippen molar-refractivity contribution in [2.45, 2.75) is 30.4 Å². The molecule has 17 heavy (non-hydrogen) atoms. The van der Waals surface area contributed by atoms with Gasteiger partial charge in [0.25, 0.3) is 10.1 Å². The molecule has 5 N–H and O–H groups in total. The molecule has 8 nitrogen and oxygen atoms in total. The Morgan fingerprint density at radius 1 is 1.41 bits per heavy atom. The van der Waals surface area contributed by atoms with Crippen LogP contribution in [0.3, 0.4) is 0 Å². The molecule has 1 rings (SSSR count). The van der Waals surface area contributed by atoms with E-state index in [1.807, 2.05) is 0 Å². The molecule has 102 valence electrons. The molecule has 1 heterocycles. The number of piperidine rings is 1. The number of hydrogen-bond acceptors (Lipinski definition) is 5. The normalized spacial score (nSPS) is 24.5. The van der Waals surface area contributed by atoms with Gasteiger partial charge in [0.1, 0.15) is 0 Å². The fourth-order valence-electron chi connectivity index (χ4n) is 1.67. The molecule has 1 aliphatic heterocycles. The van der Waals surface area contributed by atoms with Gasteiger partial charge in [0, 0.05) is 6.54 Å². The molecule has 1 saturated heterocycles. The predicted molar refractivity (Wildman–Crippen MR) is 61.0 cm³/mol. The average molecular weight is 288 g/mol. The molecule has 0 aromatic heterocycles. The Hall–Kier alpha value is -0.0200. The summed E-state index contributed by atoms with van der Waals surface area (Å²) >= 11 is 0. The van der Waals surface area contributed by atoms with Crippen LogP contribution in [0.15, 0.2) is 0 Å². The van der Waals surface area contributed by atoms with Crippen molar-refractivity contribution in [2.75, 3.05) is 13.1 Å². The Morgan fingerprint density at radius 3 is 2.47 bits per heavy atom. The summed E-state index contributed by atoms with van der Waals surface area (Å²) in [6, 6.07) is 0. The van der Waals surface area contributed by atoms with Gasteiger partial charge in [0.05, 0.1) is 6.17 Å². The molecule has 10 heteroatoms. The van der Waals surface area contributed by atoms with Crippen LogP contribution < -0.4 is 10.6 Å². The van der Waals surface area contributed by atoms with Crippen molar-refractivity contribution in [3.8, 4) is 0 Å². The van der Waals surface area contributed by atoms with Crippen molar-refractivity contribution in [1.29, 1.82) is 0 Å². The lowest BCUT2D eigenvalue weighted by molar-refractivity contribution is 0.331. The zero-order valence-electron chi connectivity index (χ0n) is 9.11. The highest BCUT2D eigenvalue weighted by molar-refractivity contribution is 7.93. The van der Waals surface area contributed by atoms with Crippen LogP contribution in [-0.2, 0) is 14.7 Å². The van der Waals surface area contributed by atoms with Gasteiger partial charge in [-0.05, 0) is 25.8 Å². The van der Waals surface area contributed by atoms with Crippen LogP contribution in [0.1, 0.15) is 19.3 Å². The zero-order valence-corrected chi connectivity index (χ0v) is 10.8. The number of nitrogens with one attached hydrogen (secondary N) is 2. The number of hydrogen-bond donors (Lipinski definition) is 5. The largest absolute Gasteiger partial charge is 0.347 e. The fraction of sp³-hybridized carbons (Fsp3) is 1.00. The Kier molecular flexibility index (Phi) is 5.08. The quantitative estimate of drug-likeness (QED) is 0.323. The van der Waals surface area contributed by atoms with Crippen LogP contribution in [0.25, 0.3) is 0 Å². The van der Waals surface area contributed by atoms with E-state index in [2.05, 4.69) is 10.6 Å². The second kappa shape index (κ2) is 5.75. The fourth-order valence-corrected chi connectivity index (χ4v) is 3.71. The lowest BCUT2D eigenvalue weighted by Gasteiger charge is -2.26. The molecule has 1 aliphatic rings. The summed E-state index contributed by atoms with van der Waals surface area (Å²) in [5, 5.41) is 5.73. The van der Waals surface area contributed by atoms with Gasteiger partial charge in [-0.3, -0.25) is 14.4 Å². The minimum Gasteiger partial charge on any atom is -0.323 e. The Balaban J connectivity index is 2.59. The SMILES string of the molecule is O=P(O)(O)C(CNC1CCCCN1)S(=O)(=O)O. The van der Waals surface area contributed by atoms with Crippen molar-refractivity contribution >= 4 is 17.7 Å². The van der Waals surface area contributed by atoms with E-state index in [1.54, 1.807) is 0 Å². The summed E-state index contributed by atoms with van der Waals surface area (Å²) in [7, 11) is -9.67. The smallest absolute Gasteiger partial charge is 0.323 e. The average Bonchev–Trinajstić information content (AvgIpc) is 2.15. The zero-order chi connectivity index (χ0) is 13.1. The summed E-state index contributed by atoms with van der Waals surface area (Å²) in [6.07, 6.45) is 2.54. The minimum absolute atomic E-state index is 0.181. The van der Waals surface area contributed by atoms with E-state index >= 15 is 0 Å². The van der Waals surface area contributed by atoms with E-state index in [0.717, 1.165) is 25.8 Å². The van der Waals surface area contributed by atoms with Crippen LogP contribution in [0, 0.1) is 0 Å². The molecule has 1 fully saturated rings. The van der Waals surface area contributed by atoms with Gasteiger partial charge in [0.15, 0.2) is 4.99 Å². The second-order valence-corrected chi connectivity index (χ2v) is 7.72. The highest BCUT2D eigenvalue weighted by atomic mass is 32.2. The maximum atomic E-state index is 10.9. The standard InChI is InChI=1S/C7H17N2O6PS/c10-16(11,12)7(17(13,14)15)5-9-6-3-1-2-4-8-6/h6-9H,1-5H2,(H2,10,11,12)(H,13,14,15). The summed E-state index contributed by atoms with van der Waals surface area (Å²) < 4.78 is 41.4. The van der Waals surface area contributed by atoms with Crippen LogP contribution in [-0.4, -0.2) is 47.0 Å². The van der Waals surface area contributed by atoms with Crippen LogP contribution in [0.4, 0.5) is 0 Å². The summed E-state index contributed by atoms with van der Waals surface area (Å²) in [5.74, 6) is 0. The molecule has 2 unspecified atom stereocenters. The van der Waals surface area contributed by atoms with Gasteiger partial charge in [0.2, 0.25) is 0 Å². The molecule has 2 atom stereocenters. The topological polar surface area (TPSA) is 136 Å².